The first-order valence-electron chi connectivity index (χ1n) is 7.87. The summed E-state index contributed by atoms with van der Waals surface area (Å²) < 4.78 is 5.38. The summed E-state index contributed by atoms with van der Waals surface area (Å²) in [5.41, 5.74) is 3.05. The summed E-state index contributed by atoms with van der Waals surface area (Å²) in [6.45, 7) is 2.07. The number of carbonyl (C=O) groups excluding carboxylic acids is 1. The standard InChI is InChI=1S/C17H21N3O2/c1-3-15(12-8-10-18-11-9-12)20(2)17(21)16-13-6-4-5-7-14(13)19-22-16/h8-11,15H,3-7H2,1-2H3. The SMILES string of the molecule is CCC(c1ccncc1)N(C)C(=O)c1onc2c1CCCC2. The zero-order valence-corrected chi connectivity index (χ0v) is 13.1. The highest BCUT2D eigenvalue weighted by Gasteiger charge is 2.29. The predicted molar refractivity (Wildman–Crippen MR) is 82.5 cm³/mol. The van der Waals surface area contributed by atoms with Crippen LogP contribution in [0.3, 0.4) is 0 Å². The molecule has 1 unspecified atom stereocenters. The minimum atomic E-state index is -0.0840. The highest BCUT2D eigenvalue weighted by atomic mass is 16.5. The molecule has 0 aromatic carbocycles. The highest BCUT2D eigenvalue weighted by molar-refractivity contribution is 5.93. The normalized spacial score (nSPS) is 15.2. The van der Waals surface area contributed by atoms with Gasteiger partial charge in [-0.3, -0.25) is 9.78 Å². The number of amides is 1. The molecule has 2 aromatic heterocycles. The van der Waals surface area contributed by atoms with E-state index in [0.29, 0.717) is 5.76 Å². The monoisotopic (exact) mass is 299 g/mol. The van der Waals surface area contributed by atoms with E-state index in [2.05, 4.69) is 17.1 Å². The van der Waals surface area contributed by atoms with E-state index in [1.54, 1.807) is 17.3 Å². The molecular weight excluding hydrogens is 278 g/mol. The second-order valence-corrected chi connectivity index (χ2v) is 5.76. The lowest BCUT2D eigenvalue weighted by atomic mass is 9.95. The zero-order chi connectivity index (χ0) is 15.5. The molecule has 0 spiro atoms. The van der Waals surface area contributed by atoms with Crippen LogP contribution in [0.2, 0.25) is 0 Å². The number of nitrogens with zero attached hydrogens (tertiary/aromatic N) is 3. The maximum absolute atomic E-state index is 12.8. The van der Waals surface area contributed by atoms with Crippen molar-refractivity contribution in [2.75, 3.05) is 7.05 Å². The third-order valence-electron chi connectivity index (χ3n) is 4.42. The largest absolute Gasteiger partial charge is 0.350 e. The quantitative estimate of drug-likeness (QED) is 0.870. The van der Waals surface area contributed by atoms with Crippen LogP contribution in [0.15, 0.2) is 29.0 Å². The van der Waals surface area contributed by atoms with Crippen molar-refractivity contribution >= 4 is 5.91 Å². The molecule has 1 aliphatic rings. The van der Waals surface area contributed by atoms with Crippen molar-refractivity contribution in [3.63, 3.8) is 0 Å². The number of rotatable bonds is 4. The molecule has 0 bridgehead atoms. The van der Waals surface area contributed by atoms with E-state index in [1.165, 1.54) is 0 Å². The molecule has 5 nitrogen and oxygen atoms in total. The second kappa shape index (κ2) is 6.30. The van der Waals surface area contributed by atoms with Crippen LogP contribution in [0.4, 0.5) is 0 Å². The van der Waals surface area contributed by atoms with Crippen LogP contribution >= 0.6 is 0 Å². The van der Waals surface area contributed by atoms with E-state index in [4.69, 9.17) is 4.52 Å². The Morgan fingerprint density at radius 2 is 2.05 bits per heavy atom. The van der Waals surface area contributed by atoms with Crippen LogP contribution in [-0.2, 0) is 12.8 Å². The Balaban J connectivity index is 1.86. The van der Waals surface area contributed by atoms with Gasteiger partial charge in [0.1, 0.15) is 0 Å². The molecule has 0 saturated heterocycles. The number of carbonyl (C=O) groups is 1. The van der Waals surface area contributed by atoms with Crippen LogP contribution in [0.25, 0.3) is 0 Å². The number of fused-ring (bicyclic) bond motifs is 1. The molecule has 1 atom stereocenters. The topological polar surface area (TPSA) is 59.2 Å². The van der Waals surface area contributed by atoms with Gasteiger partial charge in [-0.25, -0.2) is 0 Å². The third kappa shape index (κ3) is 2.63. The van der Waals surface area contributed by atoms with Gasteiger partial charge in [0, 0.05) is 25.0 Å². The first-order valence-corrected chi connectivity index (χ1v) is 7.87. The van der Waals surface area contributed by atoms with Crippen molar-refractivity contribution in [2.24, 2.45) is 0 Å². The van der Waals surface area contributed by atoms with E-state index in [9.17, 15) is 4.79 Å². The zero-order valence-electron chi connectivity index (χ0n) is 13.1. The number of hydrogen-bond acceptors (Lipinski definition) is 4. The number of pyridine rings is 1. The van der Waals surface area contributed by atoms with Gasteiger partial charge in [0.15, 0.2) is 0 Å². The van der Waals surface area contributed by atoms with Gasteiger partial charge < -0.3 is 9.42 Å². The van der Waals surface area contributed by atoms with Gasteiger partial charge in [-0.15, -0.1) is 0 Å². The second-order valence-electron chi connectivity index (χ2n) is 5.76. The summed E-state index contributed by atoms with van der Waals surface area (Å²) in [5.74, 6) is 0.337. The predicted octanol–water partition coefficient (Wildman–Crippen LogP) is 3.17. The lowest BCUT2D eigenvalue weighted by Crippen LogP contribution is -2.31. The number of hydrogen-bond donors (Lipinski definition) is 0. The Morgan fingerprint density at radius 3 is 2.77 bits per heavy atom. The molecule has 0 saturated carbocycles. The Morgan fingerprint density at radius 1 is 1.32 bits per heavy atom. The molecule has 3 rings (SSSR count). The van der Waals surface area contributed by atoms with Crippen molar-refractivity contribution in [1.29, 1.82) is 0 Å². The van der Waals surface area contributed by atoms with Crippen LogP contribution in [0.5, 0.6) is 0 Å². The van der Waals surface area contributed by atoms with Gasteiger partial charge in [-0.1, -0.05) is 12.1 Å². The van der Waals surface area contributed by atoms with E-state index < -0.39 is 0 Å². The van der Waals surface area contributed by atoms with Crippen molar-refractivity contribution in [3.8, 4) is 0 Å². The van der Waals surface area contributed by atoms with Gasteiger partial charge in [-0.2, -0.15) is 0 Å². The summed E-state index contributed by atoms with van der Waals surface area (Å²) in [7, 11) is 1.83. The average Bonchev–Trinajstić information content (AvgIpc) is 3.00. The molecule has 0 radical (unpaired) electrons. The molecule has 22 heavy (non-hydrogen) atoms. The molecule has 2 heterocycles. The molecule has 116 valence electrons. The Labute approximate surface area is 130 Å². The summed E-state index contributed by atoms with van der Waals surface area (Å²) in [4.78, 5) is 18.6. The summed E-state index contributed by atoms with van der Waals surface area (Å²) in [6, 6.07) is 3.92. The van der Waals surface area contributed by atoms with Crippen LogP contribution in [-0.4, -0.2) is 28.0 Å². The minimum absolute atomic E-state index is 0.0137. The fraction of sp³-hybridized carbons (Fsp3) is 0.471. The fourth-order valence-corrected chi connectivity index (χ4v) is 3.18. The lowest BCUT2D eigenvalue weighted by molar-refractivity contribution is 0.0682. The first-order chi connectivity index (χ1) is 10.7. The number of aryl methyl sites for hydroxylation is 1. The van der Waals surface area contributed by atoms with Gasteiger partial charge in [0.2, 0.25) is 5.76 Å². The van der Waals surface area contributed by atoms with Crippen LogP contribution in [0.1, 0.15) is 59.6 Å². The fourth-order valence-electron chi connectivity index (χ4n) is 3.18. The molecule has 0 fully saturated rings. The van der Waals surface area contributed by atoms with Gasteiger partial charge >= 0.3 is 0 Å². The van der Waals surface area contributed by atoms with Gasteiger partial charge in [0.25, 0.3) is 5.91 Å². The summed E-state index contributed by atoms with van der Waals surface area (Å²) in [5, 5.41) is 4.09. The maximum Gasteiger partial charge on any atom is 0.293 e. The molecule has 0 N–H and O–H groups in total. The third-order valence-corrected chi connectivity index (χ3v) is 4.42. The van der Waals surface area contributed by atoms with Crippen molar-refractivity contribution in [2.45, 2.75) is 45.1 Å². The van der Waals surface area contributed by atoms with E-state index in [0.717, 1.165) is 48.9 Å². The highest BCUT2D eigenvalue weighted by Crippen LogP contribution is 2.28. The van der Waals surface area contributed by atoms with Gasteiger partial charge in [0.05, 0.1) is 11.7 Å². The summed E-state index contributed by atoms with van der Waals surface area (Å²) >= 11 is 0. The van der Waals surface area contributed by atoms with Gasteiger partial charge in [-0.05, 0) is 49.8 Å². The van der Waals surface area contributed by atoms with E-state index >= 15 is 0 Å². The van der Waals surface area contributed by atoms with Crippen molar-refractivity contribution in [1.82, 2.24) is 15.0 Å². The number of aromatic nitrogens is 2. The molecule has 1 aliphatic carbocycles. The first kappa shape index (κ1) is 14.8. The molecule has 5 heteroatoms. The maximum atomic E-state index is 12.8. The van der Waals surface area contributed by atoms with Crippen LogP contribution < -0.4 is 0 Å². The van der Waals surface area contributed by atoms with Crippen molar-refractivity contribution < 1.29 is 9.32 Å². The smallest absolute Gasteiger partial charge is 0.293 e. The molecule has 2 aromatic rings. The lowest BCUT2D eigenvalue weighted by Gasteiger charge is -2.27. The summed E-state index contributed by atoms with van der Waals surface area (Å²) in [6.07, 6.45) is 8.37. The Bertz CT molecular complexity index is 651. The molecule has 0 aliphatic heterocycles. The van der Waals surface area contributed by atoms with Crippen molar-refractivity contribution in [3.05, 3.63) is 47.1 Å². The van der Waals surface area contributed by atoms with E-state index in [-0.39, 0.29) is 11.9 Å². The Hall–Kier alpha value is -2.17. The van der Waals surface area contributed by atoms with Crippen LogP contribution in [0, 0.1) is 0 Å². The average molecular weight is 299 g/mol. The molecule has 1 amide bonds. The Kier molecular flexibility index (Phi) is 4.22. The minimum Gasteiger partial charge on any atom is -0.350 e. The van der Waals surface area contributed by atoms with E-state index in [1.807, 2.05) is 19.2 Å². The molecular formula is C17H21N3O2.